The van der Waals surface area contributed by atoms with Crippen molar-refractivity contribution in [2.75, 3.05) is 13.1 Å². The molecule has 1 atom stereocenters. The first-order valence-corrected chi connectivity index (χ1v) is 6.45. The summed E-state index contributed by atoms with van der Waals surface area (Å²) in [7, 11) is 0. The molecule has 0 N–H and O–H groups in total. The van der Waals surface area contributed by atoms with Gasteiger partial charge in [-0.1, -0.05) is 0 Å². The van der Waals surface area contributed by atoms with Crippen molar-refractivity contribution in [1.82, 2.24) is 19.9 Å². The molecule has 3 rings (SSSR count). The fourth-order valence-corrected chi connectivity index (χ4v) is 2.20. The van der Waals surface area contributed by atoms with Crippen LogP contribution in [0.25, 0.3) is 0 Å². The van der Waals surface area contributed by atoms with Crippen LogP contribution in [0.5, 0.6) is 5.88 Å². The molecule has 0 aromatic carbocycles. The fourth-order valence-electron chi connectivity index (χ4n) is 2.20. The van der Waals surface area contributed by atoms with Crippen LogP contribution < -0.4 is 4.74 Å². The van der Waals surface area contributed by atoms with E-state index in [1.54, 1.807) is 41.7 Å². The summed E-state index contributed by atoms with van der Waals surface area (Å²) in [6.07, 6.45) is 7.10. The van der Waals surface area contributed by atoms with Gasteiger partial charge in [0.1, 0.15) is 12.4 Å². The molecule has 0 radical (unpaired) electrons. The van der Waals surface area contributed by atoms with Crippen LogP contribution in [-0.2, 0) is 0 Å². The molecule has 1 amide bonds. The zero-order chi connectivity index (χ0) is 13.8. The second kappa shape index (κ2) is 5.64. The van der Waals surface area contributed by atoms with Crippen molar-refractivity contribution in [3.05, 3.63) is 48.7 Å². The number of hydrogen-bond acceptors (Lipinski definition) is 5. The molecule has 2 aromatic rings. The minimum Gasteiger partial charge on any atom is -0.472 e. The van der Waals surface area contributed by atoms with Crippen molar-refractivity contribution in [2.45, 2.75) is 12.5 Å². The molecule has 0 bridgehead atoms. The molecule has 6 nitrogen and oxygen atoms in total. The second-order valence-electron chi connectivity index (χ2n) is 4.57. The standard InChI is InChI=1S/C14H14N4O2/c19-14(11-2-1-5-15-8-11)18-7-4-12(9-18)20-13-3-6-16-10-17-13/h1-3,5-6,8,10,12H,4,7,9H2/t12-/m0/s1. The first-order chi connectivity index (χ1) is 9.83. The summed E-state index contributed by atoms with van der Waals surface area (Å²) >= 11 is 0. The van der Waals surface area contributed by atoms with E-state index in [-0.39, 0.29) is 12.0 Å². The van der Waals surface area contributed by atoms with Gasteiger partial charge < -0.3 is 9.64 Å². The van der Waals surface area contributed by atoms with Crippen molar-refractivity contribution >= 4 is 5.91 Å². The summed E-state index contributed by atoms with van der Waals surface area (Å²) in [6, 6.07) is 5.25. The highest BCUT2D eigenvalue weighted by Crippen LogP contribution is 2.17. The Hall–Kier alpha value is -2.50. The molecule has 1 aliphatic heterocycles. The first-order valence-electron chi connectivity index (χ1n) is 6.45. The van der Waals surface area contributed by atoms with Crippen LogP contribution in [0, 0.1) is 0 Å². The summed E-state index contributed by atoms with van der Waals surface area (Å²) in [6.45, 7) is 1.25. The molecular formula is C14H14N4O2. The summed E-state index contributed by atoms with van der Waals surface area (Å²) in [5.41, 5.74) is 0.607. The van der Waals surface area contributed by atoms with Gasteiger partial charge in [0.05, 0.1) is 12.1 Å². The smallest absolute Gasteiger partial charge is 0.255 e. The van der Waals surface area contributed by atoms with Crippen molar-refractivity contribution in [1.29, 1.82) is 0 Å². The van der Waals surface area contributed by atoms with Gasteiger partial charge in [-0.15, -0.1) is 0 Å². The van der Waals surface area contributed by atoms with Gasteiger partial charge in [-0.2, -0.15) is 0 Å². The van der Waals surface area contributed by atoms with E-state index < -0.39 is 0 Å². The molecule has 6 heteroatoms. The van der Waals surface area contributed by atoms with E-state index in [2.05, 4.69) is 15.0 Å². The Balaban J connectivity index is 1.61. The van der Waals surface area contributed by atoms with Gasteiger partial charge in [0.15, 0.2) is 0 Å². The molecule has 1 aliphatic rings. The highest BCUT2D eigenvalue weighted by molar-refractivity contribution is 5.94. The number of carbonyl (C=O) groups excluding carboxylic acids is 1. The zero-order valence-electron chi connectivity index (χ0n) is 10.8. The van der Waals surface area contributed by atoms with E-state index in [1.165, 1.54) is 6.33 Å². The molecule has 1 fully saturated rings. The quantitative estimate of drug-likeness (QED) is 0.837. The molecule has 1 saturated heterocycles. The van der Waals surface area contributed by atoms with Gasteiger partial charge in [-0.25, -0.2) is 9.97 Å². The Labute approximate surface area is 116 Å². The predicted octanol–water partition coefficient (Wildman–Crippen LogP) is 1.17. The summed E-state index contributed by atoms with van der Waals surface area (Å²) in [4.78, 5) is 25.9. The second-order valence-corrected chi connectivity index (χ2v) is 4.57. The number of aromatic nitrogens is 3. The average molecular weight is 270 g/mol. The Morgan fingerprint density at radius 3 is 3.00 bits per heavy atom. The van der Waals surface area contributed by atoms with Crippen LogP contribution in [0.3, 0.4) is 0 Å². The van der Waals surface area contributed by atoms with E-state index in [0.29, 0.717) is 24.5 Å². The van der Waals surface area contributed by atoms with Crippen LogP contribution >= 0.6 is 0 Å². The molecule has 0 unspecified atom stereocenters. The number of nitrogens with zero attached hydrogens (tertiary/aromatic N) is 4. The van der Waals surface area contributed by atoms with Crippen LogP contribution in [0.15, 0.2) is 43.1 Å². The van der Waals surface area contributed by atoms with Crippen LogP contribution in [0.1, 0.15) is 16.8 Å². The van der Waals surface area contributed by atoms with E-state index in [9.17, 15) is 4.79 Å². The number of rotatable bonds is 3. The summed E-state index contributed by atoms with van der Waals surface area (Å²) in [5, 5.41) is 0. The summed E-state index contributed by atoms with van der Waals surface area (Å²) in [5.74, 6) is 0.535. The lowest BCUT2D eigenvalue weighted by atomic mass is 10.2. The molecule has 2 aromatic heterocycles. The molecule has 20 heavy (non-hydrogen) atoms. The third kappa shape index (κ3) is 2.74. The third-order valence-electron chi connectivity index (χ3n) is 3.18. The van der Waals surface area contributed by atoms with E-state index >= 15 is 0 Å². The largest absolute Gasteiger partial charge is 0.472 e. The third-order valence-corrected chi connectivity index (χ3v) is 3.18. The maximum Gasteiger partial charge on any atom is 0.255 e. The molecule has 102 valence electrons. The van der Waals surface area contributed by atoms with Crippen molar-refractivity contribution in [3.63, 3.8) is 0 Å². The van der Waals surface area contributed by atoms with Gasteiger partial charge in [0, 0.05) is 37.6 Å². The molecular weight excluding hydrogens is 256 g/mol. The van der Waals surface area contributed by atoms with E-state index in [1.807, 2.05) is 0 Å². The lowest BCUT2D eigenvalue weighted by molar-refractivity contribution is 0.0770. The van der Waals surface area contributed by atoms with Gasteiger partial charge >= 0.3 is 0 Å². The minimum absolute atomic E-state index is 0.00751. The maximum absolute atomic E-state index is 12.2. The summed E-state index contributed by atoms with van der Waals surface area (Å²) < 4.78 is 5.73. The van der Waals surface area contributed by atoms with Gasteiger partial charge in [-0.05, 0) is 12.1 Å². The fraction of sp³-hybridized carbons (Fsp3) is 0.286. The Kier molecular flexibility index (Phi) is 3.54. The first kappa shape index (κ1) is 12.5. The number of pyridine rings is 1. The Bertz CT molecular complexity index is 576. The lowest BCUT2D eigenvalue weighted by Gasteiger charge is -2.16. The average Bonchev–Trinajstić information content (AvgIpc) is 2.97. The number of likely N-dealkylation sites (tertiary alicyclic amines) is 1. The number of carbonyl (C=O) groups is 1. The highest BCUT2D eigenvalue weighted by Gasteiger charge is 2.28. The normalized spacial score (nSPS) is 18.0. The predicted molar refractivity (Wildman–Crippen MR) is 71.2 cm³/mol. The van der Waals surface area contributed by atoms with Crippen LogP contribution in [0.2, 0.25) is 0 Å². The van der Waals surface area contributed by atoms with E-state index in [0.717, 1.165) is 6.42 Å². The molecule has 3 heterocycles. The Morgan fingerprint density at radius 2 is 2.25 bits per heavy atom. The number of hydrogen-bond donors (Lipinski definition) is 0. The van der Waals surface area contributed by atoms with Gasteiger partial charge in [-0.3, -0.25) is 9.78 Å². The van der Waals surface area contributed by atoms with E-state index in [4.69, 9.17) is 4.74 Å². The molecule has 0 spiro atoms. The number of amides is 1. The van der Waals surface area contributed by atoms with Crippen LogP contribution in [-0.4, -0.2) is 45.0 Å². The van der Waals surface area contributed by atoms with Gasteiger partial charge in [0.2, 0.25) is 5.88 Å². The topological polar surface area (TPSA) is 68.2 Å². The van der Waals surface area contributed by atoms with Crippen molar-refractivity contribution in [3.8, 4) is 5.88 Å². The van der Waals surface area contributed by atoms with Gasteiger partial charge in [0.25, 0.3) is 5.91 Å². The zero-order valence-corrected chi connectivity index (χ0v) is 10.8. The van der Waals surface area contributed by atoms with Crippen molar-refractivity contribution in [2.24, 2.45) is 0 Å². The monoisotopic (exact) mass is 270 g/mol. The Morgan fingerprint density at radius 1 is 1.30 bits per heavy atom. The maximum atomic E-state index is 12.2. The lowest BCUT2D eigenvalue weighted by Crippen LogP contribution is -2.31. The highest BCUT2D eigenvalue weighted by atomic mass is 16.5. The van der Waals surface area contributed by atoms with Crippen LogP contribution in [0.4, 0.5) is 0 Å². The molecule has 0 saturated carbocycles. The minimum atomic E-state index is -0.0227. The van der Waals surface area contributed by atoms with Crippen molar-refractivity contribution < 1.29 is 9.53 Å². The SMILES string of the molecule is O=C(c1cccnc1)N1CC[C@H](Oc2ccncn2)C1. The molecule has 0 aliphatic carbocycles. The number of ether oxygens (including phenoxy) is 1.